The number of benzene rings is 4. The summed E-state index contributed by atoms with van der Waals surface area (Å²) in [5.74, 6) is 0.575. The van der Waals surface area contributed by atoms with Gasteiger partial charge in [0.1, 0.15) is 0 Å². The van der Waals surface area contributed by atoms with Gasteiger partial charge in [0, 0.05) is 138 Å². The zero-order valence-corrected chi connectivity index (χ0v) is 47.0. The number of para-hydroxylation sites is 1. The molecule has 0 radical (unpaired) electrons. The minimum Gasteiger partial charge on any atom is -0.369 e. The molecule has 1 aromatic heterocycles. The van der Waals surface area contributed by atoms with E-state index in [0.29, 0.717) is 5.92 Å². The Hall–Kier alpha value is -5.56. The zero-order chi connectivity index (χ0) is 52.8. The van der Waals surface area contributed by atoms with Crippen LogP contribution >= 0.6 is 11.6 Å². The largest absolute Gasteiger partial charge is 0.369 e. The van der Waals surface area contributed by atoms with E-state index in [9.17, 15) is 9.59 Å². The number of amides is 4. The Morgan fingerprint density at radius 1 is 0.533 bits per heavy atom. The molecule has 4 aliphatic heterocycles. The lowest BCUT2D eigenvalue weighted by Crippen LogP contribution is -2.52. The molecule has 4 amide bonds. The van der Waals surface area contributed by atoms with Crippen molar-refractivity contribution in [1.29, 1.82) is 0 Å². The van der Waals surface area contributed by atoms with Gasteiger partial charge in [-0.3, -0.25) is 14.8 Å². The van der Waals surface area contributed by atoms with Gasteiger partial charge in [-0.25, -0.2) is 9.59 Å². The molecular weight excluding hydrogens is 952 g/mol. The van der Waals surface area contributed by atoms with Gasteiger partial charge in [-0.1, -0.05) is 108 Å². The number of piperidine rings is 1. The van der Waals surface area contributed by atoms with Crippen molar-refractivity contribution in [2.45, 2.75) is 96.8 Å². The Kier molecular flexibility index (Phi) is 19.6. The van der Waals surface area contributed by atoms with Crippen molar-refractivity contribution >= 4 is 51.6 Å². The zero-order valence-electron chi connectivity index (χ0n) is 46.2. The number of halogens is 1. The molecule has 4 aliphatic rings. The molecule has 2 N–H and O–H groups in total. The van der Waals surface area contributed by atoms with E-state index >= 15 is 0 Å². The van der Waals surface area contributed by atoms with Crippen LogP contribution in [0.3, 0.4) is 0 Å². The van der Waals surface area contributed by atoms with E-state index in [4.69, 9.17) is 11.6 Å². The number of rotatable bonds is 14. The molecule has 4 fully saturated rings. The fourth-order valence-corrected chi connectivity index (χ4v) is 11.1. The van der Waals surface area contributed by atoms with Gasteiger partial charge in [0.05, 0.1) is 5.52 Å². The van der Waals surface area contributed by atoms with Crippen molar-refractivity contribution in [3.8, 4) is 0 Å². The second-order valence-corrected chi connectivity index (χ2v) is 23.7. The molecule has 75 heavy (non-hydrogen) atoms. The molecule has 9 rings (SSSR count). The van der Waals surface area contributed by atoms with Gasteiger partial charge in [0.15, 0.2) is 0 Å². The molecule has 12 nitrogen and oxygen atoms in total. The molecule has 4 saturated heterocycles. The summed E-state index contributed by atoms with van der Waals surface area (Å²) in [7, 11) is 0. The van der Waals surface area contributed by atoms with Gasteiger partial charge in [-0.15, -0.1) is 0 Å². The third-order valence-corrected chi connectivity index (χ3v) is 16.1. The highest BCUT2D eigenvalue weighted by Crippen LogP contribution is 2.34. The highest BCUT2D eigenvalue weighted by atomic mass is 35.5. The number of piperazine rings is 3. The molecule has 5 heterocycles. The Morgan fingerprint density at radius 3 is 1.57 bits per heavy atom. The van der Waals surface area contributed by atoms with E-state index < -0.39 is 0 Å². The second kappa shape index (κ2) is 26.5. The van der Waals surface area contributed by atoms with Crippen LogP contribution < -0.4 is 25.3 Å². The van der Waals surface area contributed by atoms with Crippen LogP contribution in [0.15, 0.2) is 109 Å². The third-order valence-electron chi connectivity index (χ3n) is 15.9. The summed E-state index contributed by atoms with van der Waals surface area (Å²) < 4.78 is 0. The summed E-state index contributed by atoms with van der Waals surface area (Å²) in [5, 5.41) is 8.17. The standard InChI is InChI=1S/C33H51N5O.C29H36ClN5O/c1-32(2,3)27-24-28(33(4,5)6)26-30(25-27)37-18-16-35(17-19-37)15-11-10-14-34-31(39)38-22-20-36(21-23-38)29-12-8-7-9-13-29;30-25-8-9-26-27(22-25)31-14-10-28(26)34-20-18-33(19-21-34)15-5-4-13-32-29(36)35-16-11-24(12-17-35)23-6-2-1-3-7-23/h7-9,12-13,24-26H,10-11,14-23H2,1-6H3,(H,34,39);1-3,6-10,14,22,24H,4-5,11-13,15-21H2,(H,32,36). The maximum Gasteiger partial charge on any atom is 0.317 e. The van der Waals surface area contributed by atoms with E-state index in [1.165, 1.54) is 33.8 Å². The molecule has 0 atom stereocenters. The molecule has 4 aromatic carbocycles. The number of hydrogen-bond donors (Lipinski definition) is 2. The average molecular weight is 1040 g/mol. The van der Waals surface area contributed by atoms with E-state index in [0.717, 1.165) is 172 Å². The summed E-state index contributed by atoms with van der Waals surface area (Å²) in [6.07, 6.45) is 8.24. The number of likely N-dealkylation sites (tertiary alicyclic amines) is 1. The highest BCUT2D eigenvalue weighted by Gasteiger charge is 2.27. The van der Waals surface area contributed by atoms with Crippen molar-refractivity contribution in [2.24, 2.45) is 0 Å². The minimum atomic E-state index is 0.0865. The van der Waals surface area contributed by atoms with E-state index in [1.54, 1.807) is 0 Å². The van der Waals surface area contributed by atoms with Gasteiger partial charge in [-0.05, 0) is 134 Å². The van der Waals surface area contributed by atoms with Crippen LogP contribution in [0, 0.1) is 0 Å². The monoisotopic (exact) mass is 1040 g/mol. The number of urea groups is 2. The molecule has 0 aliphatic carbocycles. The van der Waals surface area contributed by atoms with Gasteiger partial charge in [-0.2, -0.15) is 0 Å². The molecule has 0 saturated carbocycles. The van der Waals surface area contributed by atoms with E-state index in [-0.39, 0.29) is 22.9 Å². The number of carbonyl (C=O) groups is 2. The van der Waals surface area contributed by atoms with Gasteiger partial charge in [0.25, 0.3) is 0 Å². The van der Waals surface area contributed by atoms with E-state index in [2.05, 4.69) is 167 Å². The second-order valence-electron chi connectivity index (χ2n) is 23.3. The van der Waals surface area contributed by atoms with Crippen LogP contribution in [0.1, 0.15) is 103 Å². The van der Waals surface area contributed by atoms with Crippen LogP contribution in [0.5, 0.6) is 0 Å². The van der Waals surface area contributed by atoms with Crippen LogP contribution in [0.2, 0.25) is 5.02 Å². The smallest absolute Gasteiger partial charge is 0.317 e. The number of aromatic nitrogens is 1. The molecular formula is C62H87ClN10O2. The molecule has 404 valence electrons. The fraction of sp³-hybridized carbons (Fsp3) is 0.532. The first-order chi connectivity index (χ1) is 36.2. The van der Waals surface area contributed by atoms with Crippen molar-refractivity contribution < 1.29 is 9.59 Å². The first kappa shape index (κ1) is 55.7. The number of anilines is 3. The summed E-state index contributed by atoms with van der Waals surface area (Å²) in [6, 6.07) is 36.6. The fourth-order valence-electron chi connectivity index (χ4n) is 11.0. The van der Waals surface area contributed by atoms with Crippen LogP contribution in [-0.4, -0.2) is 154 Å². The van der Waals surface area contributed by atoms with Gasteiger partial charge in [0.2, 0.25) is 0 Å². The summed E-state index contributed by atoms with van der Waals surface area (Å²) in [4.78, 5) is 46.1. The number of pyridine rings is 1. The lowest BCUT2D eigenvalue weighted by atomic mass is 9.80. The molecule has 13 heteroatoms. The SMILES string of the molecule is CC(C)(C)c1cc(N2CCN(CCCCNC(=O)N3CCN(c4ccccc4)CC3)CC2)cc(C(C)(C)C)c1.O=C(NCCCCN1CCN(c2ccnc3cc(Cl)ccc23)CC1)N1CCC(c2ccccc2)CC1. The first-order valence-corrected chi connectivity index (χ1v) is 28.6. The minimum absolute atomic E-state index is 0.0865. The molecule has 5 aromatic rings. The maximum atomic E-state index is 12.6. The summed E-state index contributed by atoms with van der Waals surface area (Å²) >= 11 is 6.14. The Labute approximate surface area is 454 Å². The maximum absolute atomic E-state index is 12.6. The van der Waals surface area contributed by atoms with Crippen molar-refractivity contribution in [1.82, 2.24) is 35.2 Å². The topological polar surface area (TPSA) is 93.8 Å². The molecule has 0 spiro atoms. The summed E-state index contributed by atoms with van der Waals surface area (Å²) in [5.41, 5.74) is 9.34. The molecule has 0 bridgehead atoms. The Balaban J connectivity index is 0.000000200. The van der Waals surface area contributed by atoms with E-state index in [1.807, 2.05) is 34.2 Å². The van der Waals surface area contributed by atoms with Crippen LogP contribution in [-0.2, 0) is 10.8 Å². The van der Waals surface area contributed by atoms with Gasteiger partial charge < -0.3 is 35.1 Å². The predicted molar refractivity (Wildman–Crippen MR) is 313 cm³/mol. The highest BCUT2D eigenvalue weighted by molar-refractivity contribution is 6.31. The average Bonchev–Trinajstić information content (AvgIpc) is 3.43. The Bertz CT molecular complexity index is 2520. The number of nitrogens with zero attached hydrogens (tertiary/aromatic N) is 8. The number of nitrogens with one attached hydrogen (secondary N) is 2. The van der Waals surface area contributed by atoms with Crippen molar-refractivity contribution in [3.05, 3.63) is 131 Å². The van der Waals surface area contributed by atoms with Crippen LogP contribution in [0.4, 0.5) is 26.7 Å². The third kappa shape index (κ3) is 16.0. The lowest BCUT2D eigenvalue weighted by Gasteiger charge is -2.37. The number of hydrogen-bond acceptors (Lipinski definition) is 8. The normalized spacial score (nSPS) is 17.5. The van der Waals surface area contributed by atoms with Crippen LogP contribution in [0.25, 0.3) is 10.9 Å². The number of carbonyl (C=O) groups excluding carboxylic acids is 2. The Morgan fingerprint density at radius 2 is 1.03 bits per heavy atom. The summed E-state index contributed by atoms with van der Waals surface area (Å²) in [6.45, 7) is 31.1. The lowest BCUT2D eigenvalue weighted by molar-refractivity contribution is 0.181. The van der Waals surface area contributed by atoms with Crippen molar-refractivity contribution in [2.75, 3.05) is 133 Å². The molecule has 0 unspecified atom stereocenters. The first-order valence-electron chi connectivity index (χ1n) is 28.2. The number of fused-ring (bicyclic) bond motifs is 1. The quantitative estimate of drug-likeness (QED) is 0.106. The predicted octanol–water partition coefficient (Wildman–Crippen LogP) is 11.1. The van der Waals surface area contributed by atoms with Gasteiger partial charge >= 0.3 is 12.1 Å². The number of unbranched alkanes of at least 4 members (excludes halogenated alkanes) is 2. The van der Waals surface area contributed by atoms with Crippen molar-refractivity contribution in [3.63, 3.8) is 0 Å².